The number of hydrogen-bond donors (Lipinski definition) is 1. The van der Waals surface area contributed by atoms with E-state index in [1.807, 2.05) is 0 Å². The Kier molecular flexibility index (Phi) is 4.15. The van der Waals surface area contributed by atoms with Crippen LogP contribution in [0.2, 0.25) is 0 Å². The van der Waals surface area contributed by atoms with Gasteiger partial charge in [0.25, 0.3) is 0 Å². The van der Waals surface area contributed by atoms with Gasteiger partial charge in [-0.15, -0.1) is 11.3 Å². The summed E-state index contributed by atoms with van der Waals surface area (Å²) in [6, 6.07) is 8.62. The van der Waals surface area contributed by atoms with Crippen LogP contribution in [0.15, 0.2) is 24.3 Å². The summed E-state index contributed by atoms with van der Waals surface area (Å²) < 4.78 is 0. The van der Waals surface area contributed by atoms with E-state index in [0.717, 1.165) is 16.3 Å². The molecule has 1 heterocycles. The molecule has 0 aliphatic carbocycles. The van der Waals surface area contributed by atoms with Gasteiger partial charge in [-0.1, -0.05) is 38.1 Å². The first-order chi connectivity index (χ1) is 8.61. The summed E-state index contributed by atoms with van der Waals surface area (Å²) in [5.41, 5.74) is 3.57. The third kappa shape index (κ3) is 2.79. The minimum atomic E-state index is 0.165. The van der Waals surface area contributed by atoms with E-state index in [1.54, 1.807) is 11.3 Å². The highest BCUT2D eigenvalue weighted by atomic mass is 32.1. The summed E-state index contributed by atoms with van der Waals surface area (Å²) >= 11 is 1.67. The zero-order valence-electron chi connectivity index (χ0n) is 11.1. The molecular formula is C15H19NOS. The van der Waals surface area contributed by atoms with E-state index in [2.05, 4.69) is 50.0 Å². The molecule has 0 spiro atoms. The Labute approximate surface area is 112 Å². The van der Waals surface area contributed by atoms with Crippen molar-refractivity contribution in [2.45, 2.75) is 33.1 Å². The highest BCUT2D eigenvalue weighted by Crippen LogP contribution is 2.28. The predicted molar refractivity (Wildman–Crippen MR) is 77.2 cm³/mol. The van der Waals surface area contributed by atoms with Gasteiger partial charge >= 0.3 is 0 Å². The summed E-state index contributed by atoms with van der Waals surface area (Å²) in [5.74, 6) is 0.556. The molecule has 0 radical (unpaired) electrons. The quantitative estimate of drug-likeness (QED) is 0.908. The summed E-state index contributed by atoms with van der Waals surface area (Å²) in [6.07, 6.45) is 0.648. The van der Waals surface area contributed by atoms with Gasteiger partial charge in [0, 0.05) is 23.5 Å². The maximum Gasteiger partial charge on any atom is 0.0958 e. The molecular weight excluding hydrogens is 242 g/mol. The fraction of sp³-hybridized carbons (Fsp3) is 0.400. The summed E-state index contributed by atoms with van der Waals surface area (Å²) in [4.78, 5) is 5.82. The Hall–Kier alpha value is -1.19. The predicted octanol–water partition coefficient (Wildman–Crippen LogP) is 3.78. The molecule has 0 fully saturated rings. The van der Waals surface area contributed by atoms with Crippen molar-refractivity contribution in [2.75, 3.05) is 6.61 Å². The van der Waals surface area contributed by atoms with Crippen LogP contribution >= 0.6 is 11.3 Å². The maximum atomic E-state index is 8.95. The highest BCUT2D eigenvalue weighted by Gasteiger charge is 2.09. The molecule has 1 aromatic heterocycles. The first-order valence-corrected chi connectivity index (χ1v) is 7.11. The van der Waals surface area contributed by atoms with Crippen LogP contribution in [0.1, 0.15) is 35.2 Å². The average molecular weight is 261 g/mol. The second kappa shape index (κ2) is 5.63. The molecule has 0 aliphatic rings. The monoisotopic (exact) mass is 261 g/mol. The standard InChI is InChI=1S/C15H19NOS/c1-10(2)12-4-6-13(7-5-12)15-11(3)18-14(16-15)8-9-17/h4-7,10,17H,8-9H2,1-3H3. The van der Waals surface area contributed by atoms with Gasteiger partial charge in [0.05, 0.1) is 10.7 Å². The van der Waals surface area contributed by atoms with Crippen LogP contribution < -0.4 is 0 Å². The summed E-state index contributed by atoms with van der Waals surface area (Å²) in [6.45, 7) is 6.65. The van der Waals surface area contributed by atoms with E-state index < -0.39 is 0 Å². The van der Waals surface area contributed by atoms with Gasteiger partial charge in [0.15, 0.2) is 0 Å². The fourth-order valence-corrected chi connectivity index (χ4v) is 2.89. The molecule has 0 unspecified atom stereocenters. The van der Waals surface area contributed by atoms with E-state index in [9.17, 15) is 0 Å². The smallest absolute Gasteiger partial charge is 0.0958 e. The summed E-state index contributed by atoms with van der Waals surface area (Å²) in [7, 11) is 0. The van der Waals surface area contributed by atoms with Gasteiger partial charge in [-0.05, 0) is 18.4 Å². The molecule has 96 valence electrons. The van der Waals surface area contributed by atoms with Crippen LogP contribution in [0.4, 0.5) is 0 Å². The number of aryl methyl sites for hydroxylation is 1. The molecule has 0 bridgehead atoms. The van der Waals surface area contributed by atoms with Crippen molar-refractivity contribution >= 4 is 11.3 Å². The molecule has 2 aromatic rings. The normalized spacial score (nSPS) is 11.2. The zero-order chi connectivity index (χ0) is 13.1. The van der Waals surface area contributed by atoms with Crippen molar-refractivity contribution < 1.29 is 5.11 Å². The number of aromatic nitrogens is 1. The van der Waals surface area contributed by atoms with Crippen molar-refractivity contribution in [3.8, 4) is 11.3 Å². The van der Waals surface area contributed by atoms with Crippen LogP contribution in [0, 0.1) is 6.92 Å². The average Bonchev–Trinajstić information content (AvgIpc) is 2.71. The van der Waals surface area contributed by atoms with Gasteiger partial charge in [0.2, 0.25) is 0 Å². The highest BCUT2D eigenvalue weighted by molar-refractivity contribution is 7.12. The van der Waals surface area contributed by atoms with Gasteiger partial charge in [-0.25, -0.2) is 4.98 Å². The van der Waals surface area contributed by atoms with Crippen molar-refractivity contribution in [2.24, 2.45) is 0 Å². The van der Waals surface area contributed by atoms with E-state index in [-0.39, 0.29) is 6.61 Å². The third-order valence-electron chi connectivity index (χ3n) is 3.02. The minimum absolute atomic E-state index is 0.165. The first-order valence-electron chi connectivity index (χ1n) is 6.29. The van der Waals surface area contributed by atoms with E-state index in [1.165, 1.54) is 10.4 Å². The van der Waals surface area contributed by atoms with Crippen molar-refractivity contribution in [3.63, 3.8) is 0 Å². The molecule has 3 heteroatoms. The van der Waals surface area contributed by atoms with E-state index in [0.29, 0.717) is 12.3 Å². The molecule has 1 N–H and O–H groups in total. The van der Waals surface area contributed by atoms with Crippen LogP contribution in [0.5, 0.6) is 0 Å². The summed E-state index contributed by atoms with van der Waals surface area (Å²) in [5, 5.41) is 9.97. The van der Waals surface area contributed by atoms with Crippen molar-refractivity contribution in [1.82, 2.24) is 4.98 Å². The second-order valence-corrected chi connectivity index (χ2v) is 6.05. The Bertz CT molecular complexity index is 514. The number of aliphatic hydroxyl groups is 1. The first kappa shape index (κ1) is 13.2. The lowest BCUT2D eigenvalue weighted by Gasteiger charge is -2.06. The third-order valence-corrected chi connectivity index (χ3v) is 4.05. The number of hydrogen-bond acceptors (Lipinski definition) is 3. The molecule has 0 atom stereocenters. The zero-order valence-corrected chi connectivity index (χ0v) is 11.9. The lowest BCUT2D eigenvalue weighted by Crippen LogP contribution is -1.90. The number of aliphatic hydroxyl groups excluding tert-OH is 1. The maximum absolute atomic E-state index is 8.95. The van der Waals surface area contributed by atoms with Gasteiger partial charge in [-0.2, -0.15) is 0 Å². The van der Waals surface area contributed by atoms with Crippen LogP contribution in [0.25, 0.3) is 11.3 Å². The lowest BCUT2D eigenvalue weighted by atomic mass is 10.0. The Morgan fingerprint density at radius 2 is 1.89 bits per heavy atom. The van der Waals surface area contributed by atoms with Gasteiger partial charge in [0.1, 0.15) is 0 Å². The van der Waals surface area contributed by atoms with Crippen LogP contribution in [-0.2, 0) is 6.42 Å². The Balaban J connectivity index is 2.30. The number of thiazole rings is 1. The number of rotatable bonds is 4. The van der Waals surface area contributed by atoms with Crippen LogP contribution in [-0.4, -0.2) is 16.7 Å². The molecule has 1 aromatic carbocycles. The number of benzene rings is 1. The fourth-order valence-electron chi connectivity index (χ4n) is 1.95. The SMILES string of the molecule is Cc1sc(CCO)nc1-c1ccc(C(C)C)cc1. The molecule has 2 nitrogen and oxygen atoms in total. The van der Waals surface area contributed by atoms with E-state index >= 15 is 0 Å². The van der Waals surface area contributed by atoms with E-state index in [4.69, 9.17) is 5.11 Å². The van der Waals surface area contributed by atoms with Gasteiger partial charge < -0.3 is 5.11 Å². The lowest BCUT2D eigenvalue weighted by molar-refractivity contribution is 0.299. The second-order valence-electron chi connectivity index (χ2n) is 4.76. The van der Waals surface area contributed by atoms with Crippen LogP contribution in [0.3, 0.4) is 0 Å². The number of nitrogens with zero attached hydrogens (tertiary/aromatic N) is 1. The molecule has 0 amide bonds. The Morgan fingerprint density at radius 1 is 1.22 bits per heavy atom. The van der Waals surface area contributed by atoms with Crippen molar-refractivity contribution in [3.05, 3.63) is 39.7 Å². The molecule has 2 rings (SSSR count). The topological polar surface area (TPSA) is 33.1 Å². The molecule has 0 aliphatic heterocycles. The molecule has 0 saturated carbocycles. The molecule has 0 saturated heterocycles. The Morgan fingerprint density at radius 3 is 2.44 bits per heavy atom. The van der Waals surface area contributed by atoms with Crippen molar-refractivity contribution in [1.29, 1.82) is 0 Å². The minimum Gasteiger partial charge on any atom is -0.396 e. The molecule has 18 heavy (non-hydrogen) atoms. The largest absolute Gasteiger partial charge is 0.396 e. The van der Waals surface area contributed by atoms with Gasteiger partial charge in [-0.3, -0.25) is 0 Å².